The van der Waals surface area contributed by atoms with Crippen LogP contribution in [0.25, 0.3) is 0 Å². The highest BCUT2D eigenvalue weighted by Gasteiger charge is 2.32. The summed E-state index contributed by atoms with van der Waals surface area (Å²) in [6, 6.07) is 7.48. The molecule has 2 rings (SSSR count). The summed E-state index contributed by atoms with van der Waals surface area (Å²) in [4.78, 5) is 0. The molecule has 4 N–H and O–H groups in total. The maximum atomic E-state index is 9.27. The van der Waals surface area contributed by atoms with Gasteiger partial charge in [-0.1, -0.05) is 12.1 Å². The highest BCUT2D eigenvalue weighted by atomic mass is 16.3. The van der Waals surface area contributed by atoms with Crippen LogP contribution in [0.5, 0.6) is 5.75 Å². The lowest BCUT2D eigenvalue weighted by molar-refractivity contribution is 0.315. The highest BCUT2D eigenvalue weighted by molar-refractivity contribution is 5.32. The van der Waals surface area contributed by atoms with Gasteiger partial charge in [-0.2, -0.15) is 0 Å². The molecule has 1 aliphatic heterocycles. The molecular formula is C12H18N2O. The van der Waals surface area contributed by atoms with Crippen LogP contribution in [0.2, 0.25) is 0 Å². The molecule has 1 saturated heterocycles. The number of benzene rings is 1. The monoisotopic (exact) mass is 206 g/mol. The van der Waals surface area contributed by atoms with Gasteiger partial charge >= 0.3 is 0 Å². The summed E-state index contributed by atoms with van der Waals surface area (Å²) in [5.41, 5.74) is 7.28. The minimum absolute atomic E-state index is 0.110. The molecule has 0 unspecified atom stereocenters. The fourth-order valence-corrected chi connectivity index (χ4v) is 2.33. The second-order valence-corrected chi connectivity index (χ2v) is 4.28. The standard InChI is InChI=1S/C12H18N2O/c13-9-12(5-7-14-8-6-12)10-1-3-11(15)4-2-10/h1-4,14-15H,5-9,13H2. The van der Waals surface area contributed by atoms with Gasteiger partial charge in [-0.3, -0.25) is 0 Å². The van der Waals surface area contributed by atoms with Crippen LogP contribution in [0.15, 0.2) is 24.3 Å². The van der Waals surface area contributed by atoms with Crippen molar-refractivity contribution in [1.29, 1.82) is 0 Å². The molecule has 0 aromatic heterocycles. The van der Waals surface area contributed by atoms with Crippen LogP contribution in [0.1, 0.15) is 18.4 Å². The number of phenolic OH excluding ortho intramolecular Hbond substituents is 1. The molecule has 1 aliphatic rings. The van der Waals surface area contributed by atoms with E-state index in [-0.39, 0.29) is 5.41 Å². The number of piperidine rings is 1. The smallest absolute Gasteiger partial charge is 0.115 e. The van der Waals surface area contributed by atoms with E-state index in [0.717, 1.165) is 25.9 Å². The van der Waals surface area contributed by atoms with Gasteiger partial charge < -0.3 is 16.2 Å². The molecule has 0 amide bonds. The predicted molar refractivity (Wildman–Crippen MR) is 60.9 cm³/mol. The molecule has 0 aliphatic carbocycles. The van der Waals surface area contributed by atoms with E-state index in [2.05, 4.69) is 5.32 Å². The normalized spacial score (nSPS) is 20.1. The molecule has 82 valence electrons. The molecule has 0 saturated carbocycles. The number of phenols is 1. The predicted octanol–water partition coefficient (Wildman–Crippen LogP) is 0.972. The number of hydrogen-bond donors (Lipinski definition) is 3. The third kappa shape index (κ3) is 1.98. The Balaban J connectivity index is 2.28. The molecule has 3 heteroatoms. The molecule has 1 fully saturated rings. The lowest BCUT2D eigenvalue weighted by Gasteiger charge is -2.37. The van der Waals surface area contributed by atoms with Crippen molar-refractivity contribution in [3.8, 4) is 5.75 Å². The first-order valence-corrected chi connectivity index (χ1v) is 5.47. The minimum Gasteiger partial charge on any atom is -0.508 e. The van der Waals surface area contributed by atoms with E-state index in [1.54, 1.807) is 12.1 Å². The van der Waals surface area contributed by atoms with Crippen molar-refractivity contribution >= 4 is 0 Å². The van der Waals surface area contributed by atoms with Crippen LogP contribution in [0, 0.1) is 0 Å². The summed E-state index contributed by atoms with van der Waals surface area (Å²) in [6.45, 7) is 2.73. The molecule has 1 aromatic rings. The largest absolute Gasteiger partial charge is 0.508 e. The topological polar surface area (TPSA) is 58.3 Å². The first-order valence-electron chi connectivity index (χ1n) is 5.47. The Morgan fingerprint density at radius 1 is 1.20 bits per heavy atom. The summed E-state index contributed by atoms with van der Waals surface area (Å²) in [5.74, 6) is 0.319. The summed E-state index contributed by atoms with van der Waals surface area (Å²) in [6.07, 6.45) is 2.16. The first kappa shape index (κ1) is 10.5. The Labute approximate surface area is 90.3 Å². The molecule has 15 heavy (non-hydrogen) atoms. The molecule has 0 spiro atoms. The Bertz CT molecular complexity index is 315. The second kappa shape index (κ2) is 4.21. The van der Waals surface area contributed by atoms with Crippen molar-refractivity contribution < 1.29 is 5.11 Å². The first-order chi connectivity index (χ1) is 7.27. The second-order valence-electron chi connectivity index (χ2n) is 4.28. The fourth-order valence-electron chi connectivity index (χ4n) is 2.33. The Morgan fingerprint density at radius 2 is 1.80 bits per heavy atom. The molecule has 0 radical (unpaired) electrons. The lowest BCUT2D eigenvalue weighted by Crippen LogP contribution is -2.44. The van der Waals surface area contributed by atoms with Crippen LogP contribution >= 0.6 is 0 Å². The summed E-state index contributed by atoms with van der Waals surface area (Å²) in [5, 5.41) is 12.6. The average molecular weight is 206 g/mol. The van der Waals surface area contributed by atoms with E-state index in [1.807, 2.05) is 12.1 Å². The van der Waals surface area contributed by atoms with Crippen LogP contribution < -0.4 is 11.1 Å². The van der Waals surface area contributed by atoms with Crippen molar-refractivity contribution in [3.63, 3.8) is 0 Å². The molecule has 3 nitrogen and oxygen atoms in total. The SMILES string of the molecule is NCC1(c2ccc(O)cc2)CCNCC1. The lowest BCUT2D eigenvalue weighted by atomic mass is 9.73. The zero-order chi connectivity index (χ0) is 10.7. The van der Waals surface area contributed by atoms with E-state index < -0.39 is 0 Å². The average Bonchev–Trinajstić information content (AvgIpc) is 2.31. The maximum Gasteiger partial charge on any atom is 0.115 e. The van der Waals surface area contributed by atoms with Gasteiger partial charge in [-0.25, -0.2) is 0 Å². The van der Waals surface area contributed by atoms with Gasteiger partial charge in [0.15, 0.2) is 0 Å². The quantitative estimate of drug-likeness (QED) is 0.676. The maximum absolute atomic E-state index is 9.27. The van der Waals surface area contributed by atoms with E-state index in [4.69, 9.17) is 5.73 Å². The van der Waals surface area contributed by atoms with E-state index in [0.29, 0.717) is 12.3 Å². The Hall–Kier alpha value is -1.06. The zero-order valence-electron chi connectivity index (χ0n) is 8.87. The molecule has 1 aromatic carbocycles. The number of aromatic hydroxyl groups is 1. The van der Waals surface area contributed by atoms with E-state index in [9.17, 15) is 5.11 Å². The van der Waals surface area contributed by atoms with Crippen LogP contribution in [0.3, 0.4) is 0 Å². The molecule has 1 heterocycles. The van der Waals surface area contributed by atoms with Crippen molar-refractivity contribution in [3.05, 3.63) is 29.8 Å². The van der Waals surface area contributed by atoms with Gasteiger partial charge in [0.25, 0.3) is 0 Å². The third-order valence-corrected chi connectivity index (χ3v) is 3.43. The minimum atomic E-state index is 0.110. The number of nitrogens with two attached hydrogens (primary N) is 1. The Morgan fingerprint density at radius 3 is 2.33 bits per heavy atom. The summed E-state index contributed by atoms with van der Waals surface area (Å²) in [7, 11) is 0. The number of rotatable bonds is 2. The van der Waals surface area contributed by atoms with Gasteiger partial charge in [0.05, 0.1) is 0 Å². The van der Waals surface area contributed by atoms with Crippen LogP contribution in [0.4, 0.5) is 0 Å². The van der Waals surface area contributed by atoms with E-state index >= 15 is 0 Å². The fraction of sp³-hybridized carbons (Fsp3) is 0.500. The van der Waals surface area contributed by atoms with Gasteiger partial charge in [-0.15, -0.1) is 0 Å². The van der Waals surface area contributed by atoms with Crippen molar-refractivity contribution in [2.75, 3.05) is 19.6 Å². The molecular weight excluding hydrogens is 188 g/mol. The summed E-state index contributed by atoms with van der Waals surface area (Å²) < 4.78 is 0. The number of nitrogens with one attached hydrogen (secondary N) is 1. The van der Waals surface area contributed by atoms with Crippen LogP contribution in [-0.2, 0) is 5.41 Å². The summed E-state index contributed by atoms with van der Waals surface area (Å²) >= 11 is 0. The van der Waals surface area contributed by atoms with Crippen molar-refractivity contribution in [1.82, 2.24) is 5.32 Å². The van der Waals surface area contributed by atoms with Gasteiger partial charge in [0.2, 0.25) is 0 Å². The third-order valence-electron chi connectivity index (χ3n) is 3.43. The van der Waals surface area contributed by atoms with Crippen molar-refractivity contribution in [2.45, 2.75) is 18.3 Å². The van der Waals surface area contributed by atoms with Crippen LogP contribution in [-0.4, -0.2) is 24.7 Å². The van der Waals surface area contributed by atoms with Crippen molar-refractivity contribution in [2.24, 2.45) is 5.73 Å². The van der Waals surface area contributed by atoms with E-state index in [1.165, 1.54) is 5.56 Å². The zero-order valence-corrected chi connectivity index (χ0v) is 8.87. The highest BCUT2D eigenvalue weighted by Crippen LogP contribution is 2.33. The van der Waals surface area contributed by atoms with Gasteiger partial charge in [0, 0.05) is 12.0 Å². The molecule has 0 bridgehead atoms. The Kier molecular flexibility index (Phi) is 2.93. The number of hydrogen-bond acceptors (Lipinski definition) is 3. The van der Waals surface area contributed by atoms with Gasteiger partial charge in [-0.05, 0) is 43.6 Å². The molecule has 0 atom stereocenters. The van der Waals surface area contributed by atoms with Gasteiger partial charge in [0.1, 0.15) is 5.75 Å².